The second kappa shape index (κ2) is 8.73. The van der Waals surface area contributed by atoms with Crippen molar-refractivity contribution in [3.05, 3.63) is 92.9 Å². The van der Waals surface area contributed by atoms with Gasteiger partial charge in [0.05, 0.1) is 24.2 Å². The Kier molecular flexibility index (Phi) is 5.85. The maximum Gasteiger partial charge on any atom is 0.336 e. The zero-order valence-electron chi connectivity index (χ0n) is 16.8. The van der Waals surface area contributed by atoms with Gasteiger partial charge in [-0.25, -0.2) is 14.2 Å². The molecule has 7 nitrogen and oxygen atoms in total. The van der Waals surface area contributed by atoms with Crippen LogP contribution >= 0.6 is 11.8 Å². The molecule has 0 fully saturated rings. The van der Waals surface area contributed by atoms with Gasteiger partial charge >= 0.3 is 5.97 Å². The smallest absolute Gasteiger partial charge is 0.336 e. The van der Waals surface area contributed by atoms with Crippen LogP contribution in [0.2, 0.25) is 0 Å². The molecule has 2 aromatic heterocycles. The van der Waals surface area contributed by atoms with E-state index in [-0.39, 0.29) is 11.4 Å². The van der Waals surface area contributed by atoms with Crippen LogP contribution in [0.4, 0.5) is 10.2 Å². The van der Waals surface area contributed by atoms with Crippen LogP contribution < -0.4 is 10.9 Å². The first kappa shape index (κ1) is 20.8. The Bertz CT molecular complexity index is 1230. The zero-order chi connectivity index (χ0) is 22.0. The zero-order valence-corrected chi connectivity index (χ0v) is 17.6. The van der Waals surface area contributed by atoms with Crippen molar-refractivity contribution in [3.63, 3.8) is 0 Å². The summed E-state index contributed by atoms with van der Waals surface area (Å²) in [5.41, 5.74) is 2.04. The summed E-state index contributed by atoms with van der Waals surface area (Å²) in [5.74, 6) is -0.840. The Labute approximate surface area is 181 Å². The van der Waals surface area contributed by atoms with Crippen molar-refractivity contribution in [1.29, 1.82) is 0 Å². The van der Waals surface area contributed by atoms with Gasteiger partial charge in [0.2, 0.25) is 0 Å². The van der Waals surface area contributed by atoms with Crippen LogP contribution in [0, 0.1) is 5.82 Å². The number of nitrogens with one attached hydrogen (secondary N) is 2. The van der Waals surface area contributed by atoms with Crippen molar-refractivity contribution in [2.24, 2.45) is 0 Å². The number of benzene rings is 1. The van der Waals surface area contributed by atoms with Crippen LogP contribution in [0.3, 0.4) is 0 Å². The molecule has 2 N–H and O–H groups in total. The average molecular weight is 438 g/mol. The summed E-state index contributed by atoms with van der Waals surface area (Å²) in [6.07, 6.45) is 3.20. The lowest BCUT2D eigenvalue weighted by molar-refractivity contribution is -0.136. The molecule has 0 radical (unpaired) electrons. The molecular formula is C22H19FN4O3S. The molecule has 0 saturated heterocycles. The van der Waals surface area contributed by atoms with Gasteiger partial charge in [0, 0.05) is 23.8 Å². The van der Waals surface area contributed by atoms with Crippen LogP contribution in [-0.4, -0.2) is 28.0 Å². The molecule has 0 bridgehead atoms. The summed E-state index contributed by atoms with van der Waals surface area (Å²) >= 11 is 1.22. The minimum Gasteiger partial charge on any atom is -0.466 e. The number of H-pyrrole nitrogens is 1. The molecule has 0 saturated carbocycles. The maximum absolute atomic E-state index is 13.9. The molecule has 0 amide bonds. The van der Waals surface area contributed by atoms with E-state index < -0.39 is 11.9 Å². The molecule has 1 aromatic carbocycles. The number of hydrogen-bond donors (Lipinski definition) is 2. The first-order chi connectivity index (χ1) is 15.0. The van der Waals surface area contributed by atoms with E-state index in [1.165, 1.54) is 24.9 Å². The van der Waals surface area contributed by atoms with Gasteiger partial charge in [0.1, 0.15) is 11.6 Å². The number of esters is 1. The van der Waals surface area contributed by atoms with Crippen molar-refractivity contribution in [2.45, 2.75) is 23.8 Å². The van der Waals surface area contributed by atoms with Gasteiger partial charge < -0.3 is 15.0 Å². The number of carbonyl (C=O) groups is 1. The Morgan fingerprint density at radius 2 is 1.97 bits per heavy atom. The number of ether oxygens (including phenoxy) is 1. The van der Waals surface area contributed by atoms with E-state index in [0.717, 1.165) is 5.56 Å². The van der Waals surface area contributed by atoms with Crippen LogP contribution in [0.25, 0.3) is 0 Å². The van der Waals surface area contributed by atoms with E-state index in [9.17, 15) is 14.0 Å². The number of aromatic nitrogens is 3. The molecule has 0 spiro atoms. The summed E-state index contributed by atoms with van der Waals surface area (Å²) in [6, 6.07) is 9.95. The van der Waals surface area contributed by atoms with E-state index >= 15 is 0 Å². The summed E-state index contributed by atoms with van der Waals surface area (Å²) in [4.78, 5) is 36.9. The lowest BCUT2D eigenvalue weighted by atomic mass is 9.83. The molecule has 3 heterocycles. The minimum atomic E-state index is -0.659. The molecule has 3 aromatic rings. The number of aromatic amines is 1. The molecule has 1 atom stereocenters. The highest BCUT2D eigenvalue weighted by Gasteiger charge is 2.36. The molecule has 1 unspecified atom stereocenters. The normalized spacial score (nSPS) is 15.3. The van der Waals surface area contributed by atoms with Gasteiger partial charge in [-0.2, -0.15) is 0 Å². The maximum atomic E-state index is 13.9. The Morgan fingerprint density at radius 1 is 1.23 bits per heavy atom. The van der Waals surface area contributed by atoms with Gasteiger partial charge in [0.15, 0.2) is 5.16 Å². The van der Waals surface area contributed by atoms with Crippen LogP contribution in [-0.2, 0) is 15.3 Å². The lowest BCUT2D eigenvalue weighted by Crippen LogP contribution is -2.31. The Morgan fingerprint density at radius 3 is 2.68 bits per heavy atom. The SMILES string of the molecule is COC(=O)C1=C(C)Nc2nc(SCc3ccccc3F)[nH]c(=O)c2C1c1ccncc1. The highest BCUT2D eigenvalue weighted by Crippen LogP contribution is 2.39. The van der Waals surface area contributed by atoms with Crippen LogP contribution in [0.5, 0.6) is 0 Å². The van der Waals surface area contributed by atoms with Crippen LogP contribution in [0.15, 0.2) is 70.0 Å². The van der Waals surface area contributed by atoms with E-state index in [1.54, 1.807) is 49.6 Å². The summed E-state index contributed by atoms with van der Waals surface area (Å²) in [5, 5.41) is 3.41. The number of allylic oxidation sites excluding steroid dienone is 1. The summed E-state index contributed by atoms with van der Waals surface area (Å²) in [6.45, 7) is 1.73. The van der Waals surface area contributed by atoms with Gasteiger partial charge in [-0.3, -0.25) is 9.78 Å². The Hall–Kier alpha value is -3.46. The fraction of sp³-hybridized carbons (Fsp3) is 0.182. The van der Waals surface area contributed by atoms with E-state index in [2.05, 4.69) is 20.3 Å². The second-order valence-corrected chi connectivity index (χ2v) is 7.85. The molecule has 9 heteroatoms. The monoisotopic (exact) mass is 438 g/mol. The number of pyridine rings is 1. The van der Waals surface area contributed by atoms with Crippen LogP contribution in [0.1, 0.15) is 29.5 Å². The molecule has 1 aliphatic heterocycles. The third-order valence-corrected chi connectivity index (χ3v) is 5.91. The predicted molar refractivity (Wildman–Crippen MR) is 115 cm³/mol. The third-order valence-electron chi connectivity index (χ3n) is 4.99. The average Bonchev–Trinajstić information content (AvgIpc) is 2.77. The molecule has 31 heavy (non-hydrogen) atoms. The van der Waals surface area contributed by atoms with Crippen molar-refractivity contribution < 1.29 is 13.9 Å². The predicted octanol–water partition coefficient (Wildman–Crippen LogP) is 3.60. The standard InChI is InChI=1S/C22H19FN4O3S/c1-12-16(21(29)30-2)17(13-7-9-24-10-8-13)18-19(25-12)26-22(27-20(18)28)31-11-14-5-3-4-6-15(14)23/h3-10,17H,11H2,1-2H3,(H2,25,26,27,28). The number of thioether (sulfide) groups is 1. The van der Waals surface area contributed by atoms with E-state index in [4.69, 9.17) is 4.74 Å². The molecule has 4 rings (SSSR count). The van der Waals surface area contributed by atoms with E-state index in [0.29, 0.717) is 39.1 Å². The lowest BCUT2D eigenvalue weighted by Gasteiger charge is -2.28. The number of carbonyl (C=O) groups excluding carboxylic acids is 1. The third kappa shape index (κ3) is 4.09. The quantitative estimate of drug-likeness (QED) is 0.357. The fourth-order valence-corrected chi connectivity index (χ4v) is 4.38. The highest BCUT2D eigenvalue weighted by atomic mass is 32.2. The Balaban J connectivity index is 1.76. The largest absolute Gasteiger partial charge is 0.466 e. The molecule has 1 aliphatic rings. The summed E-state index contributed by atoms with van der Waals surface area (Å²) < 4.78 is 18.9. The van der Waals surface area contributed by atoms with Crippen molar-refractivity contribution >= 4 is 23.5 Å². The van der Waals surface area contributed by atoms with Gasteiger partial charge in [-0.1, -0.05) is 30.0 Å². The van der Waals surface area contributed by atoms with Crippen molar-refractivity contribution in [2.75, 3.05) is 12.4 Å². The van der Waals surface area contributed by atoms with Gasteiger partial charge in [-0.15, -0.1) is 0 Å². The molecular weight excluding hydrogens is 419 g/mol. The first-order valence-corrected chi connectivity index (χ1v) is 10.4. The minimum absolute atomic E-state index is 0.310. The fourth-order valence-electron chi connectivity index (χ4n) is 3.53. The second-order valence-electron chi connectivity index (χ2n) is 6.88. The topological polar surface area (TPSA) is 97.0 Å². The number of rotatable bonds is 5. The molecule has 0 aliphatic carbocycles. The number of hydrogen-bond acceptors (Lipinski definition) is 7. The van der Waals surface area contributed by atoms with Gasteiger partial charge in [-0.05, 0) is 36.2 Å². The van der Waals surface area contributed by atoms with E-state index in [1.807, 2.05) is 0 Å². The number of anilines is 1. The number of fused-ring (bicyclic) bond motifs is 1. The number of methoxy groups -OCH3 is 1. The molecule has 158 valence electrons. The van der Waals surface area contributed by atoms with Gasteiger partial charge in [0.25, 0.3) is 5.56 Å². The first-order valence-electron chi connectivity index (χ1n) is 9.46. The van der Waals surface area contributed by atoms with Crippen molar-refractivity contribution in [3.8, 4) is 0 Å². The summed E-state index contributed by atoms with van der Waals surface area (Å²) in [7, 11) is 1.30. The number of halogens is 1. The number of nitrogens with zero attached hydrogens (tertiary/aromatic N) is 2. The van der Waals surface area contributed by atoms with Crippen molar-refractivity contribution in [1.82, 2.24) is 15.0 Å². The highest BCUT2D eigenvalue weighted by molar-refractivity contribution is 7.98.